The Morgan fingerprint density at radius 1 is 1.38 bits per heavy atom. The van der Waals surface area contributed by atoms with Crippen LogP contribution in [0.1, 0.15) is 39.5 Å². The van der Waals surface area contributed by atoms with Crippen LogP contribution in [0, 0.1) is 17.8 Å². The summed E-state index contributed by atoms with van der Waals surface area (Å²) in [5.74, 6) is 2.00. The summed E-state index contributed by atoms with van der Waals surface area (Å²) in [5.41, 5.74) is 0. The number of fused-ring (bicyclic) bond motifs is 1. The van der Waals surface area contributed by atoms with Gasteiger partial charge in [-0.25, -0.2) is 0 Å². The lowest BCUT2D eigenvalue weighted by molar-refractivity contribution is -0.125. The van der Waals surface area contributed by atoms with Crippen molar-refractivity contribution in [3.63, 3.8) is 0 Å². The number of carbonyl (C=O) groups is 1. The number of carbonyl (C=O) groups excluding carboxylic acids is 1. The highest BCUT2D eigenvalue weighted by molar-refractivity contribution is 5.79. The third kappa shape index (κ3) is 2.40. The quantitative estimate of drug-likeness (QED) is 0.718. The van der Waals surface area contributed by atoms with Gasteiger partial charge in [0.1, 0.15) is 0 Å². The number of rotatable bonds is 6. The van der Waals surface area contributed by atoms with Crippen molar-refractivity contribution in [2.24, 2.45) is 17.8 Å². The smallest absolute Gasteiger partial charge is 0.223 e. The largest absolute Gasteiger partial charge is 0.352 e. The summed E-state index contributed by atoms with van der Waals surface area (Å²) >= 11 is 0. The van der Waals surface area contributed by atoms with E-state index in [1.807, 2.05) is 0 Å². The van der Waals surface area contributed by atoms with E-state index in [4.69, 9.17) is 0 Å². The average molecular weight is 224 g/mol. The summed E-state index contributed by atoms with van der Waals surface area (Å²) < 4.78 is 0. The Hall–Kier alpha value is -0.570. The Morgan fingerprint density at radius 2 is 2.06 bits per heavy atom. The van der Waals surface area contributed by atoms with Gasteiger partial charge in [-0.15, -0.1) is 0 Å². The molecule has 3 unspecified atom stereocenters. The van der Waals surface area contributed by atoms with E-state index < -0.39 is 0 Å². The standard InChI is InChI=1S/C13H24N2O/c1-3-5-6-9(4-2)13(16)15-12-10-7-14-8-11(10)12/h9-12,14H,3-8H2,1-2H3,(H,15,16). The van der Waals surface area contributed by atoms with E-state index in [9.17, 15) is 4.79 Å². The number of unbranched alkanes of at least 4 members (excludes halogenated alkanes) is 1. The zero-order valence-electron chi connectivity index (χ0n) is 10.5. The van der Waals surface area contributed by atoms with E-state index in [1.165, 1.54) is 12.8 Å². The van der Waals surface area contributed by atoms with Crippen molar-refractivity contribution in [1.29, 1.82) is 0 Å². The van der Waals surface area contributed by atoms with Crippen LogP contribution in [0.25, 0.3) is 0 Å². The molecule has 2 rings (SSSR count). The number of nitrogens with one attached hydrogen (secondary N) is 2. The molecule has 92 valence electrons. The van der Waals surface area contributed by atoms with Gasteiger partial charge in [0.2, 0.25) is 5.91 Å². The predicted octanol–water partition coefficient (Wildman–Crippen LogP) is 1.54. The lowest BCUT2D eigenvalue weighted by Crippen LogP contribution is -2.36. The fourth-order valence-corrected chi connectivity index (χ4v) is 2.89. The minimum atomic E-state index is 0.245. The second-order valence-corrected chi connectivity index (χ2v) is 5.27. The predicted molar refractivity (Wildman–Crippen MR) is 65.1 cm³/mol. The first kappa shape index (κ1) is 11.9. The van der Waals surface area contributed by atoms with Crippen LogP contribution in [0.2, 0.25) is 0 Å². The van der Waals surface area contributed by atoms with E-state index in [0.717, 1.165) is 37.8 Å². The van der Waals surface area contributed by atoms with Crippen LogP contribution in [0.15, 0.2) is 0 Å². The van der Waals surface area contributed by atoms with Crippen LogP contribution in [0.3, 0.4) is 0 Å². The lowest BCUT2D eigenvalue weighted by atomic mass is 9.98. The van der Waals surface area contributed by atoms with Gasteiger partial charge >= 0.3 is 0 Å². The van der Waals surface area contributed by atoms with E-state index >= 15 is 0 Å². The van der Waals surface area contributed by atoms with Crippen molar-refractivity contribution in [1.82, 2.24) is 10.6 Å². The van der Waals surface area contributed by atoms with Crippen molar-refractivity contribution in [2.45, 2.75) is 45.6 Å². The molecule has 3 nitrogen and oxygen atoms in total. The maximum absolute atomic E-state index is 12.0. The van der Waals surface area contributed by atoms with Crippen molar-refractivity contribution >= 4 is 5.91 Å². The fraction of sp³-hybridized carbons (Fsp3) is 0.923. The van der Waals surface area contributed by atoms with Gasteiger partial charge in [-0.2, -0.15) is 0 Å². The van der Waals surface area contributed by atoms with Gasteiger partial charge in [-0.1, -0.05) is 26.7 Å². The molecule has 16 heavy (non-hydrogen) atoms. The second-order valence-electron chi connectivity index (χ2n) is 5.27. The Kier molecular flexibility index (Phi) is 3.85. The van der Waals surface area contributed by atoms with Crippen LogP contribution >= 0.6 is 0 Å². The van der Waals surface area contributed by atoms with Gasteiger partial charge in [-0.05, 0) is 24.7 Å². The highest BCUT2D eigenvalue weighted by Gasteiger charge is 2.53. The van der Waals surface area contributed by atoms with Crippen LogP contribution in [0.4, 0.5) is 0 Å². The normalized spacial score (nSPS) is 33.2. The summed E-state index contributed by atoms with van der Waals surface area (Å²) in [7, 11) is 0. The molecule has 3 heteroatoms. The highest BCUT2D eigenvalue weighted by atomic mass is 16.2. The third-order valence-corrected chi connectivity index (χ3v) is 4.17. The summed E-state index contributed by atoms with van der Waals surface area (Å²) in [6, 6.07) is 0.490. The minimum absolute atomic E-state index is 0.245. The Balaban J connectivity index is 1.73. The molecule has 0 aromatic carbocycles. The minimum Gasteiger partial charge on any atom is -0.352 e. The number of hydrogen-bond acceptors (Lipinski definition) is 2. The molecule has 3 atom stereocenters. The first-order valence-electron chi connectivity index (χ1n) is 6.79. The molecule has 0 bridgehead atoms. The van der Waals surface area contributed by atoms with Crippen molar-refractivity contribution in [2.75, 3.05) is 13.1 Å². The Morgan fingerprint density at radius 3 is 2.62 bits per heavy atom. The van der Waals surface area contributed by atoms with E-state index in [0.29, 0.717) is 11.9 Å². The van der Waals surface area contributed by atoms with Gasteiger partial charge in [0, 0.05) is 25.0 Å². The molecule has 1 aliphatic heterocycles. The lowest BCUT2D eigenvalue weighted by Gasteiger charge is -2.15. The maximum Gasteiger partial charge on any atom is 0.223 e. The molecule has 2 aliphatic rings. The molecule has 1 aliphatic carbocycles. The molecular formula is C13H24N2O. The van der Waals surface area contributed by atoms with Crippen molar-refractivity contribution in [3.8, 4) is 0 Å². The third-order valence-electron chi connectivity index (χ3n) is 4.17. The Labute approximate surface area is 98.4 Å². The highest BCUT2D eigenvalue weighted by Crippen LogP contribution is 2.41. The molecule has 0 aromatic heterocycles. The molecule has 2 N–H and O–H groups in total. The van der Waals surface area contributed by atoms with Crippen molar-refractivity contribution < 1.29 is 4.79 Å². The molecule has 1 saturated heterocycles. The SMILES string of the molecule is CCCCC(CC)C(=O)NC1C2CNCC21. The summed E-state index contributed by atoms with van der Waals surface area (Å²) in [6.07, 6.45) is 4.39. The summed E-state index contributed by atoms with van der Waals surface area (Å²) in [5, 5.41) is 6.59. The number of piperidine rings is 1. The van der Waals surface area contributed by atoms with E-state index in [2.05, 4.69) is 24.5 Å². The fourth-order valence-electron chi connectivity index (χ4n) is 2.89. The molecule has 0 aromatic rings. The van der Waals surface area contributed by atoms with Crippen molar-refractivity contribution in [3.05, 3.63) is 0 Å². The summed E-state index contributed by atoms with van der Waals surface area (Å²) in [4.78, 5) is 12.0. The monoisotopic (exact) mass is 224 g/mol. The van der Waals surface area contributed by atoms with Crippen LogP contribution in [-0.4, -0.2) is 25.0 Å². The molecular weight excluding hydrogens is 200 g/mol. The van der Waals surface area contributed by atoms with Gasteiger partial charge in [0.05, 0.1) is 0 Å². The molecule has 1 heterocycles. The maximum atomic E-state index is 12.0. The van der Waals surface area contributed by atoms with Crippen LogP contribution in [-0.2, 0) is 4.79 Å². The van der Waals surface area contributed by atoms with E-state index in [-0.39, 0.29) is 5.92 Å². The zero-order valence-corrected chi connectivity index (χ0v) is 10.5. The van der Waals surface area contributed by atoms with Gasteiger partial charge in [0.25, 0.3) is 0 Å². The van der Waals surface area contributed by atoms with Gasteiger partial charge < -0.3 is 10.6 Å². The van der Waals surface area contributed by atoms with Gasteiger partial charge in [0.15, 0.2) is 0 Å². The molecule has 1 amide bonds. The van der Waals surface area contributed by atoms with Crippen LogP contribution < -0.4 is 10.6 Å². The second kappa shape index (κ2) is 5.17. The molecule has 0 radical (unpaired) electrons. The first-order chi connectivity index (χ1) is 7.77. The average Bonchev–Trinajstić information content (AvgIpc) is 2.75. The summed E-state index contributed by atoms with van der Waals surface area (Å²) in [6.45, 7) is 6.50. The topological polar surface area (TPSA) is 41.1 Å². The molecule has 0 spiro atoms. The molecule has 2 fully saturated rings. The zero-order chi connectivity index (χ0) is 11.5. The number of amides is 1. The van der Waals surface area contributed by atoms with Gasteiger partial charge in [-0.3, -0.25) is 4.79 Å². The number of hydrogen-bond donors (Lipinski definition) is 2. The molecule has 1 saturated carbocycles. The van der Waals surface area contributed by atoms with E-state index in [1.54, 1.807) is 0 Å². The first-order valence-corrected chi connectivity index (χ1v) is 6.79. The van der Waals surface area contributed by atoms with Crippen LogP contribution in [0.5, 0.6) is 0 Å². The Bertz CT molecular complexity index is 244.